The van der Waals surface area contributed by atoms with Gasteiger partial charge < -0.3 is 15.6 Å². The second kappa shape index (κ2) is 6.39. The summed E-state index contributed by atoms with van der Waals surface area (Å²) in [7, 11) is 0. The van der Waals surface area contributed by atoms with Gasteiger partial charge in [0.25, 0.3) is 0 Å². The molecule has 0 atom stereocenters. The normalized spacial score (nSPS) is 11.5. The molecule has 0 spiro atoms. The number of carbonyl (C=O) groups excluding carboxylic acids is 1. The molecule has 5 nitrogen and oxygen atoms in total. The molecule has 0 aromatic carbocycles. The number of nitrogens with zero attached hydrogens (tertiary/aromatic N) is 2. The van der Waals surface area contributed by atoms with E-state index in [0.717, 1.165) is 13.0 Å². The molecule has 0 radical (unpaired) electrons. The molecule has 1 rings (SSSR count). The van der Waals surface area contributed by atoms with Crippen LogP contribution in [0.5, 0.6) is 0 Å². The van der Waals surface area contributed by atoms with E-state index in [0.29, 0.717) is 19.4 Å². The fourth-order valence-corrected chi connectivity index (χ4v) is 1.43. The fraction of sp³-hybridized carbons (Fsp3) is 0.667. The van der Waals surface area contributed by atoms with Crippen LogP contribution < -0.4 is 11.1 Å². The first kappa shape index (κ1) is 13.7. The summed E-state index contributed by atoms with van der Waals surface area (Å²) in [6.07, 6.45) is 7.56. The number of imidazole rings is 1. The molecule has 5 heteroatoms. The summed E-state index contributed by atoms with van der Waals surface area (Å²) in [6, 6.07) is 0. The van der Waals surface area contributed by atoms with Gasteiger partial charge >= 0.3 is 0 Å². The van der Waals surface area contributed by atoms with Crippen molar-refractivity contribution >= 4 is 5.91 Å². The lowest BCUT2D eigenvalue weighted by molar-refractivity contribution is -0.121. The van der Waals surface area contributed by atoms with Crippen molar-refractivity contribution in [1.29, 1.82) is 0 Å². The van der Waals surface area contributed by atoms with Crippen LogP contribution in [0.4, 0.5) is 0 Å². The number of hydrogen-bond acceptors (Lipinski definition) is 3. The van der Waals surface area contributed by atoms with E-state index in [-0.39, 0.29) is 11.4 Å². The zero-order chi connectivity index (χ0) is 12.7. The zero-order valence-electron chi connectivity index (χ0n) is 10.6. The number of nitrogens with one attached hydrogen (secondary N) is 1. The van der Waals surface area contributed by atoms with Gasteiger partial charge in [-0.15, -0.1) is 0 Å². The van der Waals surface area contributed by atoms with E-state index >= 15 is 0 Å². The van der Waals surface area contributed by atoms with Crippen LogP contribution in [0.15, 0.2) is 18.7 Å². The van der Waals surface area contributed by atoms with Gasteiger partial charge in [0.1, 0.15) is 0 Å². The van der Waals surface area contributed by atoms with Crippen LogP contribution in [-0.2, 0) is 11.3 Å². The summed E-state index contributed by atoms with van der Waals surface area (Å²) in [4.78, 5) is 15.4. The van der Waals surface area contributed by atoms with E-state index in [4.69, 9.17) is 5.73 Å². The summed E-state index contributed by atoms with van der Waals surface area (Å²) in [5.74, 6) is 0.0779. The maximum atomic E-state index is 11.5. The number of amides is 1. The molecule has 0 saturated heterocycles. The molecule has 17 heavy (non-hydrogen) atoms. The van der Waals surface area contributed by atoms with Gasteiger partial charge in [-0.3, -0.25) is 4.79 Å². The molecular formula is C12H22N4O. The number of carbonyl (C=O) groups is 1. The van der Waals surface area contributed by atoms with Crippen LogP contribution in [0.25, 0.3) is 0 Å². The molecular weight excluding hydrogens is 216 g/mol. The van der Waals surface area contributed by atoms with E-state index in [2.05, 4.69) is 10.3 Å². The number of hydrogen-bond donors (Lipinski definition) is 2. The van der Waals surface area contributed by atoms with Crippen molar-refractivity contribution in [2.45, 2.75) is 45.2 Å². The van der Waals surface area contributed by atoms with Crippen LogP contribution in [0.3, 0.4) is 0 Å². The van der Waals surface area contributed by atoms with Gasteiger partial charge in [0, 0.05) is 37.4 Å². The number of rotatable bonds is 7. The molecule has 1 amide bonds. The zero-order valence-corrected chi connectivity index (χ0v) is 10.6. The summed E-state index contributed by atoms with van der Waals surface area (Å²) in [5, 5.41) is 2.89. The first-order valence-electron chi connectivity index (χ1n) is 5.99. The molecule has 0 aliphatic carbocycles. The van der Waals surface area contributed by atoms with E-state index in [1.54, 1.807) is 12.5 Å². The predicted molar refractivity (Wildman–Crippen MR) is 67.4 cm³/mol. The van der Waals surface area contributed by atoms with Gasteiger partial charge in [-0.25, -0.2) is 4.98 Å². The Kier molecular flexibility index (Phi) is 5.15. The van der Waals surface area contributed by atoms with Crippen LogP contribution in [0.2, 0.25) is 0 Å². The van der Waals surface area contributed by atoms with E-state index in [9.17, 15) is 4.79 Å². The first-order valence-corrected chi connectivity index (χ1v) is 5.99. The molecule has 0 aliphatic rings. The Morgan fingerprint density at radius 1 is 1.53 bits per heavy atom. The Bertz CT molecular complexity index is 327. The highest BCUT2D eigenvalue weighted by molar-refractivity contribution is 5.75. The minimum Gasteiger partial charge on any atom is -0.356 e. The van der Waals surface area contributed by atoms with Crippen molar-refractivity contribution in [3.63, 3.8) is 0 Å². The maximum absolute atomic E-state index is 11.5. The SMILES string of the molecule is CC(C)(N)CCC(=O)NCCCn1ccnc1. The van der Waals surface area contributed by atoms with Gasteiger partial charge in [0.2, 0.25) is 5.91 Å². The van der Waals surface area contributed by atoms with Crippen molar-refractivity contribution in [2.24, 2.45) is 5.73 Å². The molecule has 1 heterocycles. The highest BCUT2D eigenvalue weighted by Crippen LogP contribution is 2.06. The standard InChI is InChI=1S/C12H22N4O/c1-12(2,13)5-4-11(17)15-6-3-8-16-9-7-14-10-16/h7,9-10H,3-6,8,13H2,1-2H3,(H,15,17). The summed E-state index contributed by atoms with van der Waals surface area (Å²) < 4.78 is 2.00. The van der Waals surface area contributed by atoms with E-state index in [1.165, 1.54) is 0 Å². The van der Waals surface area contributed by atoms with Crippen LogP contribution in [0, 0.1) is 0 Å². The van der Waals surface area contributed by atoms with Crippen molar-refractivity contribution in [1.82, 2.24) is 14.9 Å². The Morgan fingerprint density at radius 2 is 2.29 bits per heavy atom. The maximum Gasteiger partial charge on any atom is 0.220 e. The van der Waals surface area contributed by atoms with Crippen molar-refractivity contribution in [3.05, 3.63) is 18.7 Å². The van der Waals surface area contributed by atoms with Crippen molar-refractivity contribution in [3.8, 4) is 0 Å². The highest BCUT2D eigenvalue weighted by Gasteiger charge is 2.12. The Hall–Kier alpha value is -1.36. The second-order valence-corrected chi connectivity index (χ2v) is 4.99. The van der Waals surface area contributed by atoms with Gasteiger partial charge in [0.15, 0.2) is 0 Å². The van der Waals surface area contributed by atoms with E-state index in [1.807, 2.05) is 24.6 Å². The minimum absolute atomic E-state index is 0.0779. The third-order valence-corrected chi connectivity index (χ3v) is 2.47. The minimum atomic E-state index is -0.270. The largest absolute Gasteiger partial charge is 0.356 e. The second-order valence-electron chi connectivity index (χ2n) is 4.99. The molecule has 1 aromatic heterocycles. The lowest BCUT2D eigenvalue weighted by Gasteiger charge is -2.17. The number of aromatic nitrogens is 2. The molecule has 96 valence electrons. The van der Waals surface area contributed by atoms with Gasteiger partial charge in [-0.2, -0.15) is 0 Å². The average molecular weight is 238 g/mol. The summed E-state index contributed by atoms with van der Waals surface area (Å²) >= 11 is 0. The van der Waals surface area contributed by atoms with Gasteiger partial charge in [-0.05, 0) is 26.7 Å². The topological polar surface area (TPSA) is 72.9 Å². The molecule has 3 N–H and O–H groups in total. The number of aryl methyl sites for hydroxylation is 1. The molecule has 0 saturated carbocycles. The highest BCUT2D eigenvalue weighted by atomic mass is 16.1. The Balaban J connectivity index is 2.04. The molecule has 0 fully saturated rings. The monoisotopic (exact) mass is 238 g/mol. The lowest BCUT2D eigenvalue weighted by Crippen LogP contribution is -2.34. The average Bonchev–Trinajstić information content (AvgIpc) is 2.73. The van der Waals surface area contributed by atoms with E-state index < -0.39 is 0 Å². The Labute approximate surface area is 102 Å². The predicted octanol–water partition coefficient (Wildman–Crippen LogP) is 0.907. The third-order valence-electron chi connectivity index (χ3n) is 2.47. The molecule has 1 aromatic rings. The Morgan fingerprint density at radius 3 is 2.88 bits per heavy atom. The van der Waals surface area contributed by atoms with Crippen LogP contribution in [-0.4, -0.2) is 27.5 Å². The smallest absolute Gasteiger partial charge is 0.220 e. The van der Waals surface area contributed by atoms with Gasteiger partial charge in [0.05, 0.1) is 6.33 Å². The molecule has 0 aliphatic heterocycles. The van der Waals surface area contributed by atoms with Crippen LogP contribution >= 0.6 is 0 Å². The summed E-state index contributed by atoms with van der Waals surface area (Å²) in [5.41, 5.74) is 5.54. The quantitative estimate of drug-likeness (QED) is 0.693. The van der Waals surface area contributed by atoms with Gasteiger partial charge in [-0.1, -0.05) is 0 Å². The number of nitrogens with two attached hydrogens (primary N) is 1. The first-order chi connectivity index (χ1) is 7.97. The fourth-order valence-electron chi connectivity index (χ4n) is 1.43. The lowest BCUT2D eigenvalue weighted by atomic mass is 10.00. The van der Waals surface area contributed by atoms with Crippen molar-refractivity contribution in [2.75, 3.05) is 6.54 Å². The molecule has 0 unspecified atom stereocenters. The third kappa shape index (κ3) is 6.73. The van der Waals surface area contributed by atoms with Crippen molar-refractivity contribution < 1.29 is 4.79 Å². The summed E-state index contributed by atoms with van der Waals surface area (Å²) in [6.45, 7) is 5.43. The van der Waals surface area contributed by atoms with Crippen LogP contribution in [0.1, 0.15) is 33.1 Å². The molecule has 0 bridgehead atoms.